The van der Waals surface area contributed by atoms with Crippen molar-refractivity contribution in [3.8, 4) is 5.75 Å². The molecule has 24 heavy (non-hydrogen) atoms. The molecule has 0 fully saturated rings. The molecular formula is C18H24N4O2. The van der Waals surface area contributed by atoms with Gasteiger partial charge in [0.05, 0.1) is 12.3 Å². The van der Waals surface area contributed by atoms with Crippen molar-refractivity contribution in [3.63, 3.8) is 0 Å². The van der Waals surface area contributed by atoms with Crippen LogP contribution in [0.25, 0.3) is 0 Å². The molecule has 1 amide bonds. The van der Waals surface area contributed by atoms with Crippen LogP contribution >= 0.6 is 0 Å². The SMILES string of the molecule is CCCc1nc(C)c2n1N(C)C(c1ccccc1OCC)NC2=O. The molecule has 0 radical (unpaired) electrons. The Morgan fingerprint density at radius 2 is 2.04 bits per heavy atom. The molecule has 0 spiro atoms. The number of amides is 1. The van der Waals surface area contributed by atoms with Gasteiger partial charge >= 0.3 is 0 Å². The highest BCUT2D eigenvalue weighted by atomic mass is 16.5. The van der Waals surface area contributed by atoms with Crippen LogP contribution in [0.3, 0.4) is 0 Å². The van der Waals surface area contributed by atoms with E-state index in [1.807, 2.05) is 54.8 Å². The first-order chi connectivity index (χ1) is 11.6. The molecule has 128 valence electrons. The van der Waals surface area contributed by atoms with E-state index in [1.54, 1.807) is 0 Å². The number of carbonyl (C=O) groups excluding carboxylic acids is 1. The summed E-state index contributed by atoms with van der Waals surface area (Å²) in [4.78, 5) is 17.3. The molecule has 1 aliphatic heterocycles. The summed E-state index contributed by atoms with van der Waals surface area (Å²) in [6.45, 7) is 6.53. The number of aryl methyl sites for hydroxylation is 2. The second kappa shape index (κ2) is 6.55. The predicted octanol–water partition coefficient (Wildman–Crippen LogP) is 2.55. The summed E-state index contributed by atoms with van der Waals surface area (Å²) in [6, 6.07) is 7.81. The molecule has 0 aliphatic carbocycles. The number of carbonyl (C=O) groups is 1. The molecule has 1 unspecified atom stereocenters. The molecule has 2 aromatic rings. The fraction of sp³-hybridized carbons (Fsp3) is 0.444. The average molecular weight is 328 g/mol. The summed E-state index contributed by atoms with van der Waals surface area (Å²) < 4.78 is 7.69. The van der Waals surface area contributed by atoms with Crippen LogP contribution in [0.2, 0.25) is 0 Å². The Bertz CT molecular complexity index is 753. The highest BCUT2D eigenvalue weighted by Gasteiger charge is 2.34. The lowest BCUT2D eigenvalue weighted by molar-refractivity contribution is 0.0895. The maximum Gasteiger partial charge on any atom is 0.273 e. The second-order valence-corrected chi connectivity index (χ2v) is 5.94. The third-order valence-electron chi connectivity index (χ3n) is 4.25. The van der Waals surface area contributed by atoms with Gasteiger partial charge in [-0.05, 0) is 26.3 Å². The molecular weight excluding hydrogens is 304 g/mol. The van der Waals surface area contributed by atoms with Gasteiger partial charge in [0.2, 0.25) is 0 Å². The molecule has 0 saturated carbocycles. The number of hydrogen-bond donors (Lipinski definition) is 1. The Labute approximate surface area is 142 Å². The smallest absolute Gasteiger partial charge is 0.273 e. The molecule has 1 aromatic carbocycles. The maximum atomic E-state index is 12.7. The van der Waals surface area contributed by atoms with Crippen LogP contribution in [0.5, 0.6) is 5.75 Å². The number of hydrogen-bond acceptors (Lipinski definition) is 4. The molecule has 0 bridgehead atoms. The van der Waals surface area contributed by atoms with Crippen molar-refractivity contribution in [2.45, 2.75) is 39.8 Å². The Hall–Kier alpha value is -2.50. The van der Waals surface area contributed by atoms with Crippen molar-refractivity contribution in [2.75, 3.05) is 18.7 Å². The summed E-state index contributed by atoms with van der Waals surface area (Å²) in [6.07, 6.45) is 1.51. The Balaban J connectivity index is 2.07. The lowest BCUT2D eigenvalue weighted by Gasteiger charge is -2.38. The number of nitrogens with zero attached hydrogens (tertiary/aromatic N) is 3. The minimum atomic E-state index is -0.294. The van der Waals surface area contributed by atoms with Gasteiger partial charge in [-0.1, -0.05) is 25.1 Å². The predicted molar refractivity (Wildman–Crippen MR) is 92.9 cm³/mol. The summed E-state index contributed by atoms with van der Waals surface area (Å²) in [5, 5.41) is 5.11. The third kappa shape index (κ3) is 2.62. The number of imidazole rings is 1. The van der Waals surface area contributed by atoms with E-state index >= 15 is 0 Å². The van der Waals surface area contributed by atoms with Crippen LogP contribution in [0.4, 0.5) is 0 Å². The highest BCUT2D eigenvalue weighted by molar-refractivity contribution is 5.95. The lowest BCUT2D eigenvalue weighted by Crippen LogP contribution is -2.52. The van der Waals surface area contributed by atoms with Crippen molar-refractivity contribution in [2.24, 2.45) is 0 Å². The Morgan fingerprint density at radius 1 is 1.29 bits per heavy atom. The quantitative estimate of drug-likeness (QED) is 0.916. The van der Waals surface area contributed by atoms with Crippen LogP contribution < -0.4 is 15.1 Å². The van der Waals surface area contributed by atoms with E-state index in [1.165, 1.54) is 0 Å². The second-order valence-electron chi connectivity index (χ2n) is 5.94. The van der Waals surface area contributed by atoms with Crippen LogP contribution in [0, 0.1) is 6.92 Å². The van der Waals surface area contributed by atoms with E-state index < -0.39 is 0 Å². The number of para-hydroxylation sites is 1. The van der Waals surface area contributed by atoms with E-state index in [9.17, 15) is 4.79 Å². The fourth-order valence-corrected chi connectivity index (χ4v) is 3.24. The fourth-order valence-electron chi connectivity index (χ4n) is 3.24. The lowest BCUT2D eigenvalue weighted by atomic mass is 10.1. The molecule has 3 rings (SSSR count). The van der Waals surface area contributed by atoms with Gasteiger partial charge in [0.15, 0.2) is 5.69 Å². The third-order valence-corrected chi connectivity index (χ3v) is 4.25. The van der Waals surface area contributed by atoms with Crippen molar-refractivity contribution in [1.29, 1.82) is 0 Å². The van der Waals surface area contributed by atoms with Gasteiger partial charge in [-0.3, -0.25) is 9.80 Å². The Kier molecular flexibility index (Phi) is 4.46. The summed E-state index contributed by atoms with van der Waals surface area (Å²) in [7, 11) is 1.97. The van der Waals surface area contributed by atoms with Gasteiger partial charge in [-0.15, -0.1) is 0 Å². The molecule has 0 saturated heterocycles. The van der Waals surface area contributed by atoms with E-state index in [0.29, 0.717) is 12.3 Å². The topological polar surface area (TPSA) is 59.4 Å². The van der Waals surface area contributed by atoms with Crippen LogP contribution in [-0.2, 0) is 6.42 Å². The first-order valence-corrected chi connectivity index (χ1v) is 8.42. The van der Waals surface area contributed by atoms with Gasteiger partial charge in [-0.25, -0.2) is 9.66 Å². The minimum absolute atomic E-state index is 0.100. The van der Waals surface area contributed by atoms with Crippen LogP contribution in [0.15, 0.2) is 24.3 Å². The maximum absolute atomic E-state index is 12.7. The number of nitrogens with one attached hydrogen (secondary N) is 1. The molecule has 1 atom stereocenters. The number of fused-ring (bicyclic) bond motifs is 1. The van der Waals surface area contributed by atoms with Crippen molar-refractivity contribution >= 4 is 5.91 Å². The van der Waals surface area contributed by atoms with Crippen LogP contribution in [-0.4, -0.2) is 29.2 Å². The van der Waals surface area contributed by atoms with Gasteiger partial charge in [0, 0.05) is 19.0 Å². The molecule has 6 heteroatoms. The van der Waals surface area contributed by atoms with Gasteiger partial charge in [0.25, 0.3) is 5.91 Å². The van der Waals surface area contributed by atoms with Gasteiger partial charge in [0.1, 0.15) is 17.7 Å². The van der Waals surface area contributed by atoms with Crippen molar-refractivity contribution < 1.29 is 9.53 Å². The number of benzene rings is 1. The Morgan fingerprint density at radius 3 is 2.75 bits per heavy atom. The molecule has 2 heterocycles. The number of ether oxygens (including phenoxy) is 1. The number of aromatic nitrogens is 2. The zero-order valence-corrected chi connectivity index (χ0v) is 14.7. The zero-order valence-electron chi connectivity index (χ0n) is 14.7. The monoisotopic (exact) mass is 328 g/mol. The van der Waals surface area contributed by atoms with E-state index in [0.717, 1.165) is 35.7 Å². The van der Waals surface area contributed by atoms with Gasteiger partial charge < -0.3 is 10.1 Å². The van der Waals surface area contributed by atoms with Crippen molar-refractivity contribution in [1.82, 2.24) is 15.0 Å². The first kappa shape index (κ1) is 16.4. The first-order valence-electron chi connectivity index (χ1n) is 8.42. The van der Waals surface area contributed by atoms with E-state index in [-0.39, 0.29) is 12.1 Å². The normalized spacial score (nSPS) is 16.8. The number of rotatable bonds is 5. The highest BCUT2D eigenvalue weighted by Crippen LogP contribution is 2.30. The van der Waals surface area contributed by atoms with E-state index in [2.05, 4.69) is 17.2 Å². The minimum Gasteiger partial charge on any atom is -0.493 e. The standard InChI is InChI=1S/C18H24N4O2/c1-5-9-15-19-12(3)16-18(23)20-17(21(4)22(15)16)13-10-7-8-11-14(13)24-6-2/h7-8,10-11,17H,5-6,9H2,1-4H3,(H,20,23). The molecule has 6 nitrogen and oxygen atoms in total. The van der Waals surface area contributed by atoms with Crippen LogP contribution in [0.1, 0.15) is 54.0 Å². The van der Waals surface area contributed by atoms with E-state index in [4.69, 9.17) is 4.74 Å². The van der Waals surface area contributed by atoms with Crippen molar-refractivity contribution in [3.05, 3.63) is 47.0 Å². The molecule has 1 N–H and O–H groups in total. The summed E-state index contributed by atoms with van der Waals surface area (Å²) in [5.41, 5.74) is 2.32. The molecule has 1 aliphatic rings. The summed E-state index contributed by atoms with van der Waals surface area (Å²) in [5.74, 6) is 1.60. The van der Waals surface area contributed by atoms with Gasteiger partial charge in [-0.2, -0.15) is 0 Å². The summed E-state index contributed by atoms with van der Waals surface area (Å²) >= 11 is 0. The molecule has 1 aromatic heterocycles. The largest absolute Gasteiger partial charge is 0.493 e. The average Bonchev–Trinajstić information content (AvgIpc) is 2.89. The zero-order chi connectivity index (χ0) is 17.3.